The lowest BCUT2D eigenvalue weighted by Gasteiger charge is -1.87. The molecule has 0 aromatic heterocycles. The van der Waals surface area contributed by atoms with Crippen molar-refractivity contribution in [2.24, 2.45) is 0 Å². The van der Waals surface area contributed by atoms with E-state index in [-0.39, 0.29) is 11.6 Å². The van der Waals surface area contributed by atoms with Crippen molar-refractivity contribution in [3.8, 4) is 0 Å². The van der Waals surface area contributed by atoms with Gasteiger partial charge in [0.15, 0.2) is 11.6 Å². The number of carbonyl (C=O) groups excluding carboxylic acids is 2. The molecule has 4 N–H and O–H groups in total. The standard InChI is InChI=1S/C6H4O2.Br2O2S.2H2N3/c7-5-1-2-6(8)4-3-5;1-5(2,3)4;2*1-3-2/h1-4H;;2*1-2H/q;;2*+1. The Morgan fingerprint density at radius 2 is 0.895 bits per heavy atom. The number of allylic oxidation sites excluding steroid dienone is 4. The summed E-state index contributed by atoms with van der Waals surface area (Å²) in [5.41, 5.74) is 22.0. The third-order valence-electron chi connectivity index (χ3n) is 0.824. The predicted molar refractivity (Wildman–Crippen MR) is 70.2 cm³/mol. The number of nitrogens with zero attached hydrogens (tertiary/aromatic N) is 2. The second-order valence-corrected chi connectivity index (χ2v) is 10.6. The maximum Gasteiger partial charge on any atom is 0.268 e. The van der Waals surface area contributed by atoms with E-state index in [9.17, 15) is 18.0 Å². The smallest absolute Gasteiger partial charge is 0.268 e. The second-order valence-electron chi connectivity index (χ2n) is 2.07. The molecule has 0 aromatic rings. The Kier molecular flexibility index (Phi) is 17.1. The summed E-state index contributed by atoms with van der Waals surface area (Å²) < 4.78 is 18.9. The van der Waals surface area contributed by atoms with Crippen LogP contribution in [0, 0.1) is 22.1 Å². The molecule has 0 unspecified atom stereocenters. The molecule has 13 heteroatoms. The van der Waals surface area contributed by atoms with Crippen LogP contribution in [0.2, 0.25) is 0 Å². The molecule has 0 saturated heterocycles. The molecule has 1 aliphatic rings. The largest absolute Gasteiger partial charge is 0.290 e. The lowest BCUT2D eigenvalue weighted by Crippen LogP contribution is -1.97. The molecule has 104 valence electrons. The van der Waals surface area contributed by atoms with Crippen LogP contribution in [0.1, 0.15) is 0 Å². The highest BCUT2D eigenvalue weighted by Crippen LogP contribution is 2.06. The van der Waals surface area contributed by atoms with Gasteiger partial charge in [-0.2, -0.15) is 0 Å². The molecular formula is C6H8Br2N6O4S+2. The van der Waals surface area contributed by atoms with E-state index in [1.54, 1.807) is 0 Å². The van der Waals surface area contributed by atoms with Crippen LogP contribution in [0.3, 0.4) is 0 Å². The molecule has 0 fully saturated rings. The summed E-state index contributed by atoms with van der Waals surface area (Å²) in [5.74, 6) is -0.241. The first kappa shape index (κ1) is 22.5. The van der Waals surface area contributed by atoms with E-state index in [1.165, 1.54) is 24.3 Å². The van der Waals surface area contributed by atoms with Gasteiger partial charge in [-0.1, -0.05) is 0 Å². The van der Waals surface area contributed by atoms with Crippen molar-refractivity contribution in [1.29, 1.82) is 22.1 Å². The van der Waals surface area contributed by atoms with E-state index >= 15 is 0 Å². The normalized spacial score (nSPS) is 11.3. The molecular weight excluding hydrogens is 412 g/mol. The van der Waals surface area contributed by atoms with Crippen LogP contribution in [0.5, 0.6) is 0 Å². The molecule has 1 rings (SSSR count). The monoisotopic (exact) mass is 418 g/mol. The van der Waals surface area contributed by atoms with Crippen LogP contribution in [0.4, 0.5) is 0 Å². The zero-order chi connectivity index (χ0) is 15.9. The Morgan fingerprint density at radius 3 is 1.00 bits per heavy atom. The van der Waals surface area contributed by atoms with Gasteiger partial charge in [0, 0.05) is 0 Å². The van der Waals surface area contributed by atoms with Crippen molar-refractivity contribution in [1.82, 2.24) is 9.82 Å². The lowest BCUT2D eigenvalue weighted by atomic mass is 10.2. The Bertz CT molecular complexity index is 470. The van der Waals surface area contributed by atoms with Gasteiger partial charge in [0.05, 0.1) is 29.6 Å². The Morgan fingerprint density at radius 1 is 0.789 bits per heavy atom. The highest BCUT2D eigenvalue weighted by molar-refractivity contribution is 9.79. The van der Waals surface area contributed by atoms with Gasteiger partial charge in [0.25, 0.3) is 6.70 Å². The van der Waals surface area contributed by atoms with Gasteiger partial charge in [-0.3, -0.25) is 9.59 Å². The molecule has 0 heterocycles. The SMILES string of the molecule is N=[N+]=N.N=[N+]=N.O=C1C=CC(=O)C=C1.O=S(=O)(Br)Br. The van der Waals surface area contributed by atoms with Crippen LogP contribution in [0.15, 0.2) is 24.3 Å². The number of ketones is 2. The molecule has 0 aromatic carbocycles. The minimum Gasteiger partial charge on any atom is -0.290 e. The molecule has 19 heavy (non-hydrogen) atoms. The summed E-state index contributed by atoms with van der Waals surface area (Å²) in [6.07, 6.45) is 5.01. The van der Waals surface area contributed by atoms with E-state index in [4.69, 9.17) is 22.1 Å². The average molecular weight is 420 g/mol. The third-order valence-corrected chi connectivity index (χ3v) is 0.824. The van der Waals surface area contributed by atoms with Crippen molar-refractivity contribution in [2.75, 3.05) is 0 Å². The Hall–Kier alpha value is -1.65. The summed E-state index contributed by atoms with van der Waals surface area (Å²) in [5, 5.41) is 0. The number of hydrogen-bond acceptors (Lipinski definition) is 8. The van der Waals surface area contributed by atoms with Crippen LogP contribution < -0.4 is 9.82 Å². The number of carbonyl (C=O) groups is 2. The average Bonchev–Trinajstić information content (AvgIpc) is 2.22. The Labute approximate surface area is 122 Å². The van der Waals surface area contributed by atoms with Crippen molar-refractivity contribution in [3.63, 3.8) is 0 Å². The first-order chi connectivity index (χ1) is 8.62. The van der Waals surface area contributed by atoms with E-state index in [2.05, 4.69) is 29.6 Å². The highest BCUT2D eigenvalue weighted by atomic mass is 79.9. The zero-order valence-electron chi connectivity index (χ0n) is 9.00. The quantitative estimate of drug-likeness (QED) is 0.200. The first-order valence-corrected chi connectivity index (χ1v) is 8.93. The van der Waals surface area contributed by atoms with Gasteiger partial charge < -0.3 is 0 Å². The van der Waals surface area contributed by atoms with Gasteiger partial charge in [-0.25, -0.2) is 8.42 Å². The summed E-state index contributed by atoms with van der Waals surface area (Å²) in [6, 6.07) is 0. The van der Waals surface area contributed by atoms with Gasteiger partial charge >= 0.3 is 0 Å². The number of nitrogens with one attached hydrogen (secondary N) is 4. The molecule has 0 spiro atoms. The van der Waals surface area contributed by atoms with Gasteiger partial charge in [-0.15, -0.1) is 0 Å². The third kappa shape index (κ3) is 48.3. The molecule has 0 bridgehead atoms. The maximum atomic E-state index is 10.3. The van der Waals surface area contributed by atoms with Gasteiger partial charge in [0.1, 0.15) is 22.1 Å². The number of rotatable bonds is 0. The fraction of sp³-hybridized carbons (Fsp3) is 0. The van der Waals surface area contributed by atoms with Gasteiger partial charge in [0.2, 0.25) is 9.82 Å². The minimum atomic E-state index is -3.04. The molecule has 0 amide bonds. The van der Waals surface area contributed by atoms with Crippen molar-refractivity contribution < 1.29 is 18.0 Å². The van der Waals surface area contributed by atoms with Crippen LogP contribution in [-0.2, 0) is 16.3 Å². The van der Waals surface area contributed by atoms with Crippen LogP contribution in [0.25, 0.3) is 0 Å². The fourth-order valence-corrected chi connectivity index (χ4v) is 0.440. The molecule has 0 radical (unpaired) electrons. The summed E-state index contributed by atoms with van der Waals surface area (Å²) in [6.45, 7) is -3.04. The first-order valence-electron chi connectivity index (χ1n) is 3.77. The highest BCUT2D eigenvalue weighted by Gasteiger charge is 1.97. The lowest BCUT2D eigenvalue weighted by molar-refractivity contribution is -0.113. The molecule has 0 saturated carbocycles. The molecule has 0 atom stereocenters. The number of hydrogen-bond donors (Lipinski definition) is 4. The van der Waals surface area contributed by atoms with Crippen molar-refractivity contribution in [3.05, 3.63) is 24.3 Å². The summed E-state index contributed by atoms with van der Waals surface area (Å²) in [4.78, 5) is 24.6. The topological polar surface area (TPSA) is 192 Å². The fourth-order valence-electron chi connectivity index (χ4n) is 0.440. The van der Waals surface area contributed by atoms with E-state index < -0.39 is 6.70 Å². The molecule has 0 aliphatic heterocycles. The van der Waals surface area contributed by atoms with E-state index in [0.29, 0.717) is 0 Å². The zero-order valence-corrected chi connectivity index (χ0v) is 13.0. The predicted octanol–water partition coefficient (Wildman–Crippen LogP) is 1.50. The molecule has 1 aliphatic carbocycles. The van der Waals surface area contributed by atoms with Gasteiger partial charge in [-0.05, 0) is 24.3 Å². The summed E-state index contributed by atoms with van der Waals surface area (Å²) in [7, 11) is 0. The number of halogens is 2. The van der Waals surface area contributed by atoms with Crippen molar-refractivity contribution >= 4 is 47.9 Å². The van der Waals surface area contributed by atoms with E-state index in [1.807, 2.05) is 9.82 Å². The van der Waals surface area contributed by atoms with Crippen LogP contribution >= 0.6 is 29.6 Å². The Balaban J connectivity index is -0.000000202. The van der Waals surface area contributed by atoms with Crippen molar-refractivity contribution in [2.45, 2.75) is 0 Å². The minimum absolute atomic E-state index is 0.121. The second kappa shape index (κ2) is 14.4. The maximum absolute atomic E-state index is 10.3. The summed E-state index contributed by atoms with van der Waals surface area (Å²) >= 11 is 4.53. The van der Waals surface area contributed by atoms with Crippen LogP contribution in [-0.4, -0.2) is 20.0 Å². The molecule has 10 nitrogen and oxygen atoms in total. The van der Waals surface area contributed by atoms with E-state index in [0.717, 1.165) is 0 Å².